The molecule has 0 aliphatic heterocycles. The molecule has 2 amide bonds. The van der Waals surface area contributed by atoms with E-state index in [9.17, 15) is 9.59 Å². The Bertz CT molecular complexity index is 1150. The largest absolute Gasteiger partial charge is 0.497 e. The minimum Gasteiger partial charge on any atom is -0.497 e. The highest BCUT2D eigenvalue weighted by Crippen LogP contribution is 2.28. The van der Waals surface area contributed by atoms with Gasteiger partial charge in [0.25, 0.3) is 0 Å². The molecule has 0 spiro atoms. The normalized spacial score (nSPS) is 11.7. The first kappa shape index (κ1) is 28.9. The lowest BCUT2D eigenvalue weighted by molar-refractivity contribution is -0.139. The number of hydrogen-bond donors (Lipinski definition) is 1. The third-order valence-electron chi connectivity index (χ3n) is 5.75. The predicted octanol–water partition coefficient (Wildman–Crippen LogP) is 6.40. The molecular weight excluding hydrogens is 527 g/mol. The van der Waals surface area contributed by atoms with E-state index < -0.39 is 6.04 Å². The van der Waals surface area contributed by atoms with Crippen molar-refractivity contribution in [2.24, 2.45) is 0 Å². The summed E-state index contributed by atoms with van der Waals surface area (Å²) in [5.74, 6) is 1.27. The van der Waals surface area contributed by atoms with Gasteiger partial charge in [-0.2, -0.15) is 0 Å². The van der Waals surface area contributed by atoms with Gasteiger partial charge in [0.1, 0.15) is 11.8 Å². The van der Waals surface area contributed by atoms with Gasteiger partial charge in [-0.05, 0) is 49.2 Å². The zero-order valence-corrected chi connectivity index (χ0v) is 23.6. The summed E-state index contributed by atoms with van der Waals surface area (Å²) in [5.41, 5.74) is 2.66. The highest BCUT2D eigenvalue weighted by atomic mass is 35.5. The number of nitrogens with zero attached hydrogens (tertiary/aromatic N) is 1. The van der Waals surface area contributed by atoms with Crippen LogP contribution < -0.4 is 10.1 Å². The summed E-state index contributed by atoms with van der Waals surface area (Å²) < 4.78 is 5.22. The lowest BCUT2D eigenvalue weighted by atomic mass is 10.0. The smallest absolute Gasteiger partial charge is 0.243 e. The van der Waals surface area contributed by atoms with E-state index in [4.69, 9.17) is 27.9 Å². The molecule has 0 unspecified atom stereocenters. The molecule has 1 atom stereocenters. The number of hydrogen-bond acceptors (Lipinski definition) is 4. The van der Waals surface area contributed by atoms with E-state index in [1.54, 1.807) is 30.2 Å². The van der Waals surface area contributed by atoms with Crippen LogP contribution in [0.25, 0.3) is 0 Å². The van der Waals surface area contributed by atoms with Gasteiger partial charge in [-0.15, -0.1) is 11.8 Å². The first-order valence-electron chi connectivity index (χ1n) is 12.1. The second-order valence-electron chi connectivity index (χ2n) is 8.93. The third-order valence-corrected chi connectivity index (χ3v) is 7.44. The first-order chi connectivity index (χ1) is 17.8. The summed E-state index contributed by atoms with van der Waals surface area (Å²) in [7, 11) is 1.63. The van der Waals surface area contributed by atoms with Crippen LogP contribution in [0.1, 0.15) is 30.5 Å². The van der Waals surface area contributed by atoms with Crippen LogP contribution in [0.4, 0.5) is 0 Å². The maximum atomic E-state index is 13.7. The number of methoxy groups -OCH3 is 1. The number of carbonyl (C=O) groups is 2. The zero-order chi connectivity index (χ0) is 26.8. The van der Waals surface area contributed by atoms with E-state index in [-0.39, 0.29) is 30.2 Å². The van der Waals surface area contributed by atoms with Gasteiger partial charge in [-0.1, -0.05) is 71.7 Å². The molecule has 3 aromatic rings. The van der Waals surface area contributed by atoms with Crippen LogP contribution in [0.3, 0.4) is 0 Å². The topological polar surface area (TPSA) is 58.6 Å². The quantitative estimate of drug-likeness (QED) is 0.279. The Hall–Kier alpha value is -2.67. The molecule has 0 saturated carbocycles. The van der Waals surface area contributed by atoms with Gasteiger partial charge in [0.2, 0.25) is 11.8 Å². The lowest BCUT2D eigenvalue weighted by Gasteiger charge is -2.32. The van der Waals surface area contributed by atoms with Crippen molar-refractivity contribution in [3.8, 4) is 5.75 Å². The van der Waals surface area contributed by atoms with E-state index in [1.165, 1.54) is 11.8 Å². The summed E-state index contributed by atoms with van der Waals surface area (Å²) >= 11 is 14.5. The first-order valence-corrected chi connectivity index (χ1v) is 14.0. The van der Waals surface area contributed by atoms with Crippen LogP contribution in [-0.4, -0.2) is 41.7 Å². The molecular formula is C29H32Cl2N2O3S. The summed E-state index contributed by atoms with van der Waals surface area (Å²) in [6, 6.07) is 21.9. The number of thioether (sulfide) groups is 1. The second-order valence-corrected chi connectivity index (χ2v) is 10.7. The molecule has 0 aromatic heterocycles. The number of amides is 2. The van der Waals surface area contributed by atoms with E-state index in [2.05, 4.69) is 5.32 Å². The van der Waals surface area contributed by atoms with Crippen molar-refractivity contribution in [2.75, 3.05) is 12.9 Å². The maximum absolute atomic E-state index is 13.7. The molecule has 0 fully saturated rings. The second kappa shape index (κ2) is 14.3. The highest BCUT2D eigenvalue weighted by Gasteiger charge is 2.31. The number of nitrogens with one attached hydrogen (secondary N) is 1. The molecule has 37 heavy (non-hydrogen) atoms. The van der Waals surface area contributed by atoms with Crippen molar-refractivity contribution >= 4 is 46.8 Å². The Morgan fingerprint density at radius 3 is 2.16 bits per heavy atom. The zero-order valence-electron chi connectivity index (χ0n) is 21.2. The van der Waals surface area contributed by atoms with Gasteiger partial charge < -0.3 is 15.0 Å². The number of ether oxygens (including phenoxy) is 1. The average Bonchev–Trinajstić information content (AvgIpc) is 2.88. The molecule has 0 aliphatic rings. The minimum atomic E-state index is -0.730. The standard InChI is InChI=1S/C29H32Cl2N2O3S/c1-20(2)32-29(35)27(16-21-8-5-4-6-9-21)33(17-24-25(30)10-7-11-26(24)31)28(34)19-37-18-22-12-14-23(36-3)15-13-22/h4-15,20,27H,16-19H2,1-3H3,(H,32,35)/t27-/m1/s1. The van der Waals surface area contributed by atoms with Crippen molar-refractivity contribution in [1.29, 1.82) is 0 Å². The highest BCUT2D eigenvalue weighted by molar-refractivity contribution is 7.99. The lowest BCUT2D eigenvalue weighted by Crippen LogP contribution is -2.52. The molecule has 5 nitrogen and oxygen atoms in total. The van der Waals surface area contributed by atoms with E-state index in [1.807, 2.05) is 68.4 Å². The SMILES string of the molecule is COc1ccc(CSCC(=O)N(Cc2c(Cl)cccc2Cl)[C@H](Cc2ccccc2)C(=O)NC(C)C)cc1. The Labute approximate surface area is 233 Å². The van der Waals surface area contributed by atoms with Crippen molar-refractivity contribution < 1.29 is 14.3 Å². The van der Waals surface area contributed by atoms with E-state index >= 15 is 0 Å². The Morgan fingerprint density at radius 1 is 0.919 bits per heavy atom. The fourth-order valence-corrected chi connectivity index (χ4v) is 5.24. The van der Waals surface area contributed by atoms with Crippen LogP contribution in [0, 0.1) is 0 Å². The van der Waals surface area contributed by atoms with Crippen molar-refractivity contribution in [3.63, 3.8) is 0 Å². The molecule has 0 bridgehead atoms. The number of benzene rings is 3. The molecule has 1 N–H and O–H groups in total. The van der Waals surface area contributed by atoms with Crippen molar-refractivity contribution in [3.05, 3.63) is 99.5 Å². The third kappa shape index (κ3) is 8.70. The minimum absolute atomic E-state index is 0.0731. The molecule has 0 radical (unpaired) electrons. The van der Waals surface area contributed by atoms with Crippen molar-refractivity contribution in [2.45, 2.75) is 44.6 Å². The van der Waals surface area contributed by atoms with Crippen LogP contribution >= 0.6 is 35.0 Å². The van der Waals surface area contributed by atoms with Gasteiger partial charge in [-0.3, -0.25) is 9.59 Å². The summed E-state index contributed by atoms with van der Waals surface area (Å²) in [4.78, 5) is 28.7. The Morgan fingerprint density at radius 2 is 1.57 bits per heavy atom. The van der Waals surface area contributed by atoms with E-state index in [0.717, 1.165) is 16.9 Å². The van der Waals surface area contributed by atoms with Gasteiger partial charge in [-0.25, -0.2) is 0 Å². The molecule has 0 heterocycles. The molecule has 3 rings (SSSR count). The molecule has 3 aromatic carbocycles. The van der Waals surface area contributed by atoms with Crippen LogP contribution in [0.2, 0.25) is 10.0 Å². The fourth-order valence-electron chi connectivity index (χ4n) is 3.85. The maximum Gasteiger partial charge on any atom is 0.243 e. The fraction of sp³-hybridized carbons (Fsp3) is 0.310. The van der Waals surface area contributed by atoms with Crippen LogP contribution in [0.15, 0.2) is 72.8 Å². The number of halogens is 2. The number of rotatable bonds is 12. The molecule has 0 aliphatic carbocycles. The Kier molecular flexibility index (Phi) is 11.2. The molecule has 196 valence electrons. The van der Waals surface area contributed by atoms with E-state index in [0.29, 0.717) is 27.8 Å². The summed E-state index contributed by atoms with van der Waals surface area (Å²) in [5, 5.41) is 3.90. The van der Waals surface area contributed by atoms with Crippen LogP contribution in [-0.2, 0) is 28.3 Å². The molecule has 0 saturated heterocycles. The Balaban J connectivity index is 1.87. The van der Waals surface area contributed by atoms with Gasteiger partial charge in [0.15, 0.2) is 0 Å². The summed E-state index contributed by atoms with van der Waals surface area (Å²) in [6.45, 7) is 3.93. The molecule has 8 heteroatoms. The number of carbonyl (C=O) groups excluding carboxylic acids is 2. The van der Waals surface area contributed by atoms with Gasteiger partial charge >= 0.3 is 0 Å². The van der Waals surface area contributed by atoms with Gasteiger partial charge in [0, 0.05) is 40.4 Å². The average molecular weight is 560 g/mol. The van der Waals surface area contributed by atoms with Crippen molar-refractivity contribution in [1.82, 2.24) is 10.2 Å². The summed E-state index contributed by atoms with van der Waals surface area (Å²) in [6.07, 6.45) is 0.371. The van der Waals surface area contributed by atoms with Gasteiger partial charge in [0.05, 0.1) is 12.9 Å². The monoisotopic (exact) mass is 558 g/mol. The predicted molar refractivity (Wildman–Crippen MR) is 153 cm³/mol. The van der Waals surface area contributed by atoms with Crippen LogP contribution in [0.5, 0.6) is 5.75 Å².